The molecule has 6 heteroatoms. The molecule has 102 valence electrons. The van der Waals surface area contributed by atoms with Crippen LogP contribution in [0.15, 0.2) is 23.1 Å². The summed E-state index contributed by atoms with van der Waals surface area (Å²) in [6.07, 6.45) is 5.87. The van der Waals surface area contributed by atoms with Crippen LogP contribution in [0, 0.1) is 0 Å². The lowest BCUT2D eigenvalue weighted by Gasteiger charge is -2.20. The van der Waals surface area contributed by atoms with Crippen LogP contribution in [0.1, 0.15) is 39.0 Å². The highest BCUT2D eigenvalue weighted by Crippen LogP contribution is 2.21. The van der Waals surface area contributed by atoms with E-state index in [1.54, 1.807) is 18.6 Å². The van der Waals surface area contributed by atoms with E-state index in [2.05, 4.69) is 46.2 Å². The summed E-state index contributed by atoms with van der Waals surface area (Å²) >= 11 is 0. The summed E-state index contributed by atoms with van der Waals surface area (Å²) in [6.45, 7) is 7.25. The minimum Gasteiger partial charge on any atom is -0.339 e. The Balaban J connectivity index is 2.16. The van der Waals surface area contributed by atoms with Crippen LogP contribution >= 0.6 is 0 Å². The molecule has 2 heterocycles. The summed E-state index contributed by atoms with van der Waals surface area (Å²) in [5.74, 6) is 1.29. The number of hydrogen-bond donors (Lipinski definition) is 1. The first-order valence-electron chi connectivity index (χ1n) is 6.59. The molecule has 0 fully saturated rings. The first-order chi connectivity index (χ1) is 9.26. The first-order valence-corrected chi connectivity index (χ1v) is 6.59. The van der Waals surface area contributed by atoms with Crippen molar-refractivity contribution >= 4 is 0 Å². The molecule has 2 atom stereocenters. The van der Waals surface area contributed by atoms with E-state index >= 15 is 0 Å². The SMILES string of the molecule is CCNC(CC)C(C)c1nc(-c2cnccn2)no1. The van der Waals surface area contributed by atoms with Crippen LogP contribution < -0.4 is 5.32 Å². The van der Waals surface area contributed by atoms with Gasteiger partial charge in [0.25, 0.3) is 0 Å². The molecule has 1 N–H and O–H groups in total. The molecular weight excluding hydrogens is 242 g/mol. The lowest BCUT2D eigenvalue weighted by Crippen LogP contribution is -2.33. The highest BCUT2D eigenvalue weighted by atomic mass is 16.5. The lowest BCUT2D eigenvalue weighted by atomic mass is 9.99. The number of rotatable bonds is 6. The maximum absolute atomic E-state index is 5.34. The van der Waals surface area contributed by atoms with E-state index in [1.807, 2.05) is 0 Å². The van der Waals surface area contributed by atoms with Crippen LogP contribution in [-0.2, 0) is 0 Å². The average molecular weight is 261 g/mol. The molecule has 2 aromatic heterocycles. The Morgan fingerprint density at radius 1 is 1.32 bits per heavy atom. The minimum atomic E-state index is 0.169. The predicted molar refractivity (Wildman–Crippen MR) is 71.5 cm³/mol. The zero-order chi connectivity index (χ0) is 13.7. The van der Waals surface area contributed by atoms with Gasteiger partial charge in [0, 0.05) is 18.4 Å². The van der Waals surface area contributed by atoms with Crippen molar-refractivity contribution in [1.82, 2.24) is 25.4 Å². The summed E-state index contributed by atoms with van der Waals surface area (Å²) < 4.78 is 5.34. The van der Waals surface area contributed by atoms with Crippen molar-refractivity contribution in [3.05, 3.63) is 24.5 Å². The molecule has 0 radical (unpaired) electrons. The van der Waals surface area contributed by atoms with Gasteiger partial charge in [-0.3, -0.25) is 4.98 Å². The van der Waals surface area contributed by atoms with Crippen molar-refractivity contribution in [2.45, 2.75) is 39.2 Å². The van der Waals surface area contributed by atoms with Gasteiger partial charge in [-0.15, -0.1) is 0 Å². The third-order valence-electron chi connectivity index (χ3n) is 3.13. The van der Waals surface area contributed by atoms with Gasteiger partial charge < -0.3 is 9.84 Å². The van der Waals surface area contributed by atoms with Gasteiger partial charge >= 0.3 is 0 Å². The van der Waals surface area contributed by atoms with Crippen molar-refractivity contribution in [2.75, 3.05) is 6.54 Å². The summed E-state index contributed by atoms with van der Waals surface area (Å²) in [4.78, 5) is 12.6. The molecule has 0 saturated heterocycles. The van der Waals surface area contributed by atoms with Gasteiger partial charge in [0.1, 0.15) is 5.69 Å². The molecule has 0 spiro atoms. The van der Waals surface area contributed by atoms with Crippen LogP contribution in [0.4, 0.5) is 0 Å². The average Bonchev–Trinajstić information content (AvgIpc) is 2.95. The molecule has 2 rings (SSSR count). The summed E-state index contributed by atoms with van der Waals surface area (Å²) in [5.41, 5.74) is 0.626. The Morgan fingerprint density at radius 3 is 2.79 bits per heavy atom. The number of nitrogens with zero attached hydrogens (tertiary/aromatic N) is 4. The molecule has 0 aromatic carbocycles. The Bertz CT molecular complexity index is 499. The molecule has 0 aliphatic heterocycles. The first kappa shape index (κ1) is 13.6. The molecule has 0 saturated carbocycles. The standard InChI is InChI=1S/C13H19N5O/c1-4-10(15-5-2)9(3)13-17-12(18-19-13)11-8-14-6-7-16-11/h6-10,15H,4-5H2,1-3H3. The van der Waals surface area contributed by atoms with Gasteiger partial charge in [-0.1, -0.05) is 25.9 Å². The smallest absolute Gasteiger partial charge is 0.231 e. The van der Waals surface area contributed by atoms with Gasteiger partial charge in [0.2, 0.25) is 11.7 Å². The predicted octanol–water partition coefficient (Wildman–Crippen LogP) is 2.02. The lowest BCUT2D eigenvalue weighted by molar-refractivity contribution is 0.321. The number of likely N-dealkylation sites (N-methyl/N-ethyl adjacent to an activating group) is 1. The van der Waals surface area contributed by atoms with Crippen molar-refractivity contribution in [1.29, 1.82) is 0 Å². The summed E-state index contributed by atoms with van der Waals surface area (Å²) in [5, 5.41) is 7.39. The van der Waals surface area contributed by atoms with Crippen molar-refractivity contribution < 1.29 is 4.52 Å². The number of aromatic nitrogens is 4. The van der Waals surface area contributed by atoms with E-state index in [9.17, 15) is 0 Å². The Labute approximate surface area is 112 Å². The van der Waals surface area contributed by atoms with Gasteiger partial charge in [-0.05, 0) is 13.0 Å². The maximum Gasteiger partial charge on any atom is 0.231 e. The molecule has 0 aliphatic rings. The van der Waals surface area contributed by atoms with Crippen LogP contribution in [0.25, 0.3) is 11.5 Å². The fourth-order valence-electron chi connectivity index (χ4n) is 2.05. The second kappa shape index (κ2) is 6.38. The van der Waals surface area contributed by atoms with E-state index in [0.717, 1.165) is 13.0 Å². The van der Waals surface area contributed by atoms with Crippen LogP contribution in [0.5, 0.6) is 0 Å². The topological polar surface area (TPSA) is 76.7 Å². The second-order valence-corrected chi connectivity index (χ2v) is 4.41. The summed E-state index contributed by atoms with van der Waals surface area (Å²) in [6, 6.07) is 0.333. The fourth-order valence-corrected chi connectivity index (χ4v) is 2.05. The van der Waals surface area contributed by atoms with Crippen molar-refractivity contribution in [3.63, 3.8) is 0 Å². The molecule has 19 heavy (non-hydrogen) atoms. The quantitative estimate of drug-likeness (QED) is 0.857. The normalized spacial score (nSPS) is 14.3. The van der Waals surface area contributed by atoms with E-state index < -0.39 is 0 Å². The maximum atomic E-state index is 5.34. The Morgan fingerprint density at radius 2 is 2.16 bits per heavy atom. The van der Waals surface area contributed by atoms with E-state index in [-0.39, 0.29) is 5.92 Å². The third kappa shape index (κ3) is 3.14. The van der Waals surface area contributed by atoms with Crippen LogP contribution in [-0.4, -0.2) is 32.7 Å². The van der Waals surface area contributed by atoms with Gasteiger partial charge in [-0.2, -0.15) is 4.98 Å². The molecule has 0 amide bonds. The molecular formula is C13H19N5O. The monoisotopic (exact) mass is 261 g/mol. The zero-order valence-electron chi connectivity index (χ0n) is 11.5. The van der Waals surface area contributed by atoms with Gasteiger partial charge in [0.15, 0.2) is 0 Å². The summed E-state index contributed by atoms with van der Waals surface area (Å²) in [7, 11) is 0. The minimum absolute atomic E-state index is 0.169. The third-order valence-corrected chi connectivity index (χ3v) is 3.13. The molecule has 2 unspecified atom stereocenters. The molecule has 0 aliphatic carbocycles. The molecule has 2 aromatic rings. The van der Waals surface area contributed by atoms with Crippen LogP contribution in [0.3, 0.4) is 0 Å². The Hall–Kier alpha value is -1.82. The number of nitrogens with one attached hydrogen (secondary N) is 1. The molecule has 6 nitrogen and oxygen atoms in total. The number of hydrogen-bond acceptors (Lipinski definition) is 6. The molecule has 0 bridgehead atoms. The highest BCUT2D eigenvalue weighted by Gasteiger charge is 2.22. The Kier molecular flexibility index (Phi) is 4.57. The van der Waals surface area contributed by atoms with Gasteiger partial charge in [0.05, 0.1) is 12.1 Å². The van der Waals surface area contributed by atoms with Crippen molar-refractivity contribution in [3.8, 4) is 11.5 Å². The van der Waals surface area contributed by atoms with Crippen molar-refractivity contribution in [2.24, 2.45) is 0 Å². The van der Waals surface area contributed by atoms with E-state index in [0.29, 0.717) is 23.5 Å². The fraction of sp³-hybridized carbons (Fsp3) is 0.538. The van der Waals surface area contributed by atoms with E-state index in [4.69, 9.17) is 4.52 Å². The highest BCUT2D eigenvalue weighted by molar-refractivity contribution is 5.45. The van der Waals surface area contributed by atoms with E-state index in [1.165, 1.54) is 0 Å². The second-order valence-electron chi connectivity index (χ2n) is 4.41. The van der Waals surface area contributed by atoms with Gasteiger partial charge in [-0.25, -0.2) is 4.98 Å². The largest absolute Gasteiger partial charge is 0.339 e. The zero-order valence-corrected chi connectivity index (χ0v) is 11.5. The van der Waals surface area contributed by atoms with Crippen LogP contribution in [0.2, 0.25) is 0 Å².